The number of benzene rings is 2. The highest BCUT2D eigenvalue weighted by Gasteiger charge is 2.43. The molecule has 0 radical (unpaired) electrons. The molecule has 0 spiro atoms. The molecule has 1 atom stereocenters. The number of hydrogen-bond donors (Lipinski definition) is 2. The summed E-state index contributed by atoms with van der Waals surface area (Å²) < 4.78 is 12.5. The van der Waals surface area contributed by atoms with Crippen LogP contribution in [0.2, 0.25) is 0 Å². The molecular weight excluding hydrogens is 513 g/mol. The molecule has 0 saturated heterocycles. The van der Waals surface area contributed by atoms with E-state index in [4.69, 9.17) is 4.99 Å². The molecule has 0 aromatic heterocycles. The van der Waals surface area contributed by atoms with Crippen molar-refractivity contribution in [2.45, 2.75) is 35.2 Å². The first-order valence-corrected chi connectivity index (χ1v) is 12.1. The average Bonchev–Trinajstić information content (AvgIpc) is 3.47. The van der Waals surface area contributed by atoms with Gasteiger partial charge in [0.05, 0.1) is 6.54 Å². The highest BCUT2D eigenvalue weighted by atomic mass is 127. The maximum absolute atomic E-state index is 12.3. The Labute approximate surface area is 198 Å². The Balaban J connectivity index is 0.00000300. The van der Waals surface area contributed by atoms with Crippen LogP contribution in [0.4, 0.5) is 0 Å². The molecular formula is C22H30IN3OS2. The fraction of sp³-hybridized carbons (Fsp3) is 0.409. The topological polar surface area (TPSA) is 53.5 Å². The van der Waals surface area contributed by atoms with Crippen molar-refractivity contribution in [3.05, 3.63) is 66.2 Å². The molecule has 4 nitrogen and oxygen atoms in total. The standard InChI is InChI=1S/C22H29N3OS2.HI/c1-2-23-21(24-15-16-28(26)17-19-9-5-3-6-10-19)25-18-22(13-14-22)27-20-11-7-4-8-12-20;/h3-12H,2,13-18H2,1H3,(H2,23,24,25);1H. The second-order valence-corrected chi connectivity index (χ2v) is 10.1. The second-order valence-electron chi connectivity index (χ2n) is 6.99. The SMILES string of the molecule is CCNC(=NCC1(Sc2ccccc2)CC1)NCCS(=O)Cc1ccccc1.I. The van der Waals surface area contributed by atoms with Crippen LogP contribution >= 0.6 is 35.7 Å². The lowest BCUT2D eigenvalue weighted by Gasteiger charge is -2.15. The first-order chi connectivity index (χ1) is 13.7. The molecule has 1 fully saturated rings. The lowest BCUT2D eigenvalue weighted by atomic mass is 10.2. The van der Waals surface area contributed by atoms with Crippen LogP contribution in [-0.2, 0) is 16.6 Å². The summed E-state index contributed by atoms with van der Waals surface area (Å²) in [5.74, 6) is 2.04. The van der Waals surface area contributed by atoms with Crippen LogP contribution in [0.5, 0.6) is 0 Å². The Morgan fingerprint density at radius 1 is 1.07 bits per heavy atom. The van der Waals surface area contributed by atoms with E-state index in [-0.39, 0.29) is 28.7 Å². The van der Waals surface area contributed by atoms with Crippen LogP contribution in [0.1, 0.15) is 25.3 Å². The van der Waals surface area contributed by atoms with Gasteiger partial charge in [-0.25, -0.2) is 0 Å². The highest BCUT2D eigenvalue weighted by Crippen LogP contribution is 2.51. The number of thioether (sulfide) groups is 1. The van der Waals surface area contributed by atoms with Gasteiger partial charge in [0.15, 0.2) is 5.96 Å². The largest absolute Gasteiger partial charge is 0.357 e. The van der Waals surface area contributed by atoms with E-state index in [0.717, 1.165) is 24.6 Å². The first-order valence-electron chi connectivity index (χ1n) is 9.84. The molecule has 1 aliphatic carbocycles. The van der Waals surface area contributed by atoms with Gasteiger partial charge < -0.3 is 10.6 Å². The predicted molar refractivity (Wildman–Crippen MR) is 137 cm³/mol. The molecule has 2 aromatic carbocycles. The van der Waals surface area contributed by atoms with Crippen molar-refractivity contribution in [3.8, 4) is 0 Å². The molecule has 0 aliphatic heterocycles. The van der Waals surface area contributed by atoms with Crippen LogP contribution in [-0.4, -0.2) is 40.3 Å². The average molecular weight is 544 g/mol. The van der Waals surface area contributed by atoms with Gasteiger partial charge in [-0.1, -0.05) is 48.5 Å². The maximum Gasteiger partial charge on any atom is 0.191 e. The quantitative estimate of drug-likeness (QED) is 0.265. The third kappa shape index (κ3) is 8.68. The summed E-state index contributed by atoms with van der Waals surface area (Å²) in [6, 6.07) is 20.6. The lowest BCUT2D eigenvalue weighted by molar-refractivity contribution is 0.680. The van der Waals surface area contributed by atoms with Gasteiger partial charge in [0.25, 0.3) is 0 Å². The van der Waals surface area contributed by atoms with Crippen molar-refractivity contribution in [1.29, 1.82) is 0 Å². The minimum absolute atomic E-state index is 0. The summed E-state index contributed by atoms with van der Waals surface area (Å²) in [6.45, 7) is 4.34. The molecule has 2 N–H and O–H groups in total. The molecule has 0 heterocycles. The molecule has 1 aliphatic rings. The predicted octanol–water partition coefficient (Wildman–Crippen LogP) is 4.43. The van der Waals surface area contributed by atoms with E-state index < -0.39 is 10.8 Å². The Bertz CT molecular complexity index is 783. The molecule has 0 amide bonds. The summed E-state index contributed by atoms with van der Waals surface area (Å²) in [5.41, 5.74) is 1.12. The fourth-order valence-electron chi connectivity index (χ4n) is 2.85. The van der Waals surface area contributed by atoms with Crippen molar-refractivity contribution in [2.75, 3.05) is 25.4 Å². The van der Waals surface area contributed by atoms with Crippen molar-refractivity contribution < 1.29 is 4.21 Å². The summed E-state index contributed by atoms with van der Waals surface area (Å²) in [7, 11) is -0.876. The number of rotatable bonds is 10. The first kappa shape index (κ1) is 24.2. The normalized spacial score (nSPS) is 15.8. The van der Waals surface area contributed by atoms with Crippen LogP contribution in [0.25, 0.3) is 0 Å². The summed E-state index contributed by atoms with van der Waals surface area (Å²) in [5, 5.41) is 6.64. The monoisotopic (exact) mass is 543 g/mol. The summed E-state index contributed by atoms with van der Waals surface area (Å²) in [4.78, 5) is 6.11. The Kier molecular flexibility index (Phi) is 10.5. The van der Waals surface area contributed by atoms with Crippen LogP contribution in [0.3, 0.4) is 0 Å². The van der Waals surface area contributed by atoms with Crippen LogP contribution < -0.4 is 10.6 Å². The molecule has 2 aromatic rings. The van der Waals surface area contributed by atoms with Gasteiger partial charge >= 0.3 is 0 Å². The zero-order valence-corrected chi connectivity index (χ0v) is 20.8. The number of guanidine groups is 1. The molecule has 7 heteroatoms. The zero-order chi connectivity index (χ0) is 19.7. The smallest absolute Gasteiger partial charge is 0.191 e. The van der Waals surface area contributed by atoms with Gasteiger partial charge in [0.2, 0.25) is 0 Å². The van der Waals surface area contributed by atoms with Crippen LogP contribution in [0.15, 0.2) is 70.6 Å². The summed E-state index contributed by atoms with van der Waals surface area (Å²) >= 11 is 1.94. The third-order valence-electron chi connectivity index (χ3n) is 4.55. The van der Waals surface area contributed by atoms with E-state index in [1.165, 1.54) is 17.7 Å². The van der Waals surface area contributed by atoms with E-state index >= 15 is 0 Å². The van der Waals surface area contributed by atoms with E-state index in [1.54, 1.807) is 0 Å². The van der Waals surface area contributed by atoms with Gasteiger partial charge in [-0.3, -0.25) is 9.20 Å². The highest BCUT2D eigenvalue weighted by molar-refractivity contribution is 14.0. The Hall–Kier alpha value is -1.06. The molecule has 158 valence electrons. The molecule has 1 unspecified atom stereocenters. The Morgan fingerprint density at radius 2 is 1.72 bits per heavy atom. The van der Waals surface area contributed by atoms with Gasteiger partial charge in [-0.15, -0.1) is 35.7 Å². The van der Waals surface area contributed by atoms with E-state index in [9.17, 15) is 4.21 Å². The lowest BCUT2D eigenvalue weighted by Crippen LogP contribution is -2.39. The maximum atomic E-state index is 12.3. The van der Waals surface area contributed by atoms with E-state index in [2.05, 4.69) is 47.9 Å². The number of nitrogens with one attached hydrogen (secondary N) is 2. The van der Waals surface area contributed by atoms with Crippen molar-refractivity contribution in [1.82, 2.24) is 10.6 Å². The number of nitrogens with zero attached hydrogens (tertiary/aromatic N) is 1. The van der Waals surface area contributed by atoms with Crippen molar-refractivity contribution in [3.63, 3.8) is 0 Å². The minimum atomic E-state index is -0.876. The molecule has 1 saturated carbocycles. The number of hydrogen-bond acceptors (Lipinski definition) is 3. The number of halogens is 1. The third-order valence-corrected chi connectivity index (χ3v) is 7.34. The second kappa shape index (κ2) is 12.6. The fourth-order valence-corrected chi connectivity index (χ4v) is 5.12. The van der Waals surface area contributed by atoms with Gasteiger partial charge in [0, 0.05) is 45.0 Å². The minimum Gasteiger partial charge on any atom is -0.357 e. The van der Waals surface area contributed by atoms with Gasteiger partial charge in [-0.2, -0.15) is 0 Å². The van der Waals surface area contributed by atoms with E-state index in [1.807, 2.05) is 42.1 Å². The van der Waals surface area contributed by atoms with Crippen molar-refractivity contribution in [2.24, 2.45) is 4.99 Å². The molecule has 0 bridgehead atoms. The zero-order valence-electron chi connectivity index (χ0n) is 16.8. The van der Waals surface area contributed by atoms with E-state index in [0.29, 0.717) is 18.1 Å². The number of aliphatic imine (C=N–C) groups is 1. The van der Waals surface area contributed by atoms with Gasteiger partial charge in [-0.05, 0) is 37.5 Å². The Morgan fingerprint density at radius 3 is 2.34 bits per heavy atom. The molecule has 29 heavy (non-hydrogen) atoms. The van der Waals surface area contributed by atoms with Crippen molar-refractivity contribution >= 4 is 52.5 Å². The van der Waals surface area contributed by atoms with Crippen LogP contribution in [0, 0.1) is 0 Å². The molecule has 3 rings (SSSR count). The van der Waals surface area contributed by atoms with Gasteiger partial charge in [0.1, 0.15) is 0 Å². The summed E-state index contributed by atoms with van der Waals surface area (Å²) in [6.07, 6.45) is 2.41.